The van der Waals surface area contributed by atoms with Crippen molar-refractivity contribution in [3.05, 3.63) is 30.1 Å². The van der Waals surface area contributed by atoms with Crippen molar-refractivity contribution in [2.75, 3.05) is 18.5 Å². The third-order valence-electron chi connectivity index (χ3n) is 3.53. The lowest BCUT2D eigenvalue weighted by Crippen LogP contribution is -2.48. The van der Waals surface area contributed by atoms with Gasteiger partial charge in [-0.3, -0.25) is 9.59 Å². The Morgan fingerprint density at radius 1 is 1.48 bits per heavy atom. The molecule has 0 aromatic heterocycles. The third-order valence-corrected chi connectivity index (χ3v) is 3.53. The molecule has 1 heterocycles. The molecule has 1 aliphatic rings. The van der Waals surface area contributed by atoms with Gasteiger partial charge in [-0.15, -0.1) is 12.4 Å². The maximum Gasteiger partial charge on any atom is 0.249 e. The molecule has 1 fully saturated rings. The van der Waals surface area contributed by atoms with Crippen LogP contribution in [0.15, 0.2) is 24.3 Å². The Morgan fingerprint density at radius 2 is 2.10 bits per heavy atom. The number of halogens is 2. The second-order valence-corrected chi connectivity index (χ2v) is 4.98. The molecule has 0 aliphatic carbocycles. The van der Waals surface area contributed by atoms with Crippen molar-refractivity contribution in [3.63, 3.8) is 0 Å². The van der Waals surface area contributed by atoms with Gasteiger partial charge in [0, 0.05) is 13.6 Å². The number of anilines is 1. The molecule has 2 atom stereocenters. The lowest BCUT2D eigenvalue weighted by atomic mass is 10.2. The van der Waals surface area contributed by atoms with Crippen LogP contribution in [0.25, 0.3) is 0 Å². The first-order valence-electron chi connectivity index (χ1n) is 6.51. The monoisotopic (exact) mass is 315 g/mol. The van der Waals surface area contributed by atoms with Crippen LogP contribution in [0, 0.1) is 5.82 Å². The highest BCUT2D eigenvalue weighted by molar-refractivity contribution is 6.01. The Hall–Kier alpha value is -1.66. The molecule has 1 unspecified atom stereocenters. The number of hydrogen-bond acceptors (Lipinski definition) is 3. The van der Waals surface area contributed by atoms with Crippen LogP contribution in [0.4, 0.5) is 10.1 Å². The summed E-state index contributed by atoms with van der Waals surface area (Å²) in [7, 11) is 1.55. The molecule has 7 heteroatoms. The Kier molecular flexibility index (Phi) is 5.69. The predicted octanol–water partition coefficient (Wildman–Crippen LogP) is 1.16. The van der Waals surface area contributed by atoms with E-state index in [1.165, 1.54) is 15.9 Å². The van der Waals surface area contributed by atoms with Crippen molar-refractivity contribution in [1.29, 1.82) is 0 Å². The summed E-state index contributed by atoms with van der Waals surface area (Å²) in [6.07, 6.45) is 0.474. The summed E-state index contributed by atoms with van der Waals surface area (Å²) >= 11 is 0. The average Bonchev–Trinajstić information content (AvgIpc) is 2.79. The van der Waals surface area contributed by atoms with E-state index in [0.717, 1.165) is 0 Å². The fourth-order valence-corrected chi connectivity index (χ4v) is 2.41. The maximum absolute atomic E-state index is 13.7. The second-order valence-electron chi connectivity index (χ2n) is 4.98. The Bertz CT molecular complexity index is 539. The molecule has 0 radical (unpaired) electrons. The van der Waals surface area contributed by atoms with Gasteiger partial charge in [0.15, 0.2) is 0 Å². The first-order chi connectivity index (χ1) is 9.43. The number of benzene rings is 1. The number of likely N-dealkylation sites (N-methyl/N-ethyl adjacent to an activating group) is 1. The van der Waals surface area contributed by atoms with Gasteiger partial charge in [0.1, 0.15) is 11.9 Å². The molecule has 0 spiro atoms. The minimum Gasteiger partial charge on any atom is -0.332 e. The molecule has 1 aromatic carbocycles. The molecule has 116 valence electrons. The van der Waals surface area contributed by atoms with Crippen molar-refractivity contribution in [2.45, 2.75) is 25.4 Å². The van der Waals surface area contributed by atoms with Gasteiger partial charge >= 0.3 is 0 Å². The first kappa shape index (κ1) is 17.4. The number of rotatable bonds is 3. The van der Waals surface area contributed by atoms with Crippen LogP contribution in [0.1, 0.15) is 13.3 Å². The summed E-state index contributed by atoms with van der Waals surface area (Å²) in [5.74, 6) is -1.01. The maximum atomic E-state index is 13.7. The SMILES string of the molecule is C[C@@H](N)C(=O)N(C)C1CCN(c2ccccc2F)C1=O.Cl. The van der Waals surface area contributed by atoms with Crippen molar-refractivity contribution in [3.8, 4) is 0 Å². The van der Waals surface area contributed by atoms with Crippen molar-refractivity contribution in [2.24, 2.45) is 5.73 Å². The second kappa shape index (κ2) is 6.87. The lowest BCUT2D eigenvalue weighted by Gasteiger charge is -2.25. The average molecular weight is 316 g/mol. The third kappa shape index (κ3) is 3.33. The molecule has 21 heavy (non-hydrogen) atoms. The Labute approximate surface area is 129 Å². The topological polar surface area (TPSA) is 66.6 Å². The van der Waals surface area contributed by atoms with E-state index in [1.807, 2.05) is 0 Å². The highest BCUT2D eigenvalue weighted by Gasteiger charge is 2.38. The zero-order chi connectivity index (χ0) is 14.9. The van der Waals surface area contributed by atoms with Crippen LogP contribution in [0.3, 0.4) is 0 Å². The molecule has 2 rings (SSSR count). The molecule has 1 aliphatic heterocycles. The minimum atomic E-state index is -0.657. The predicted molar refractivity (Wildman–Crippen MR) is 80.8 cm³/mol. The van der Waals surface area contributed by atoms with Crippen molar-refractivity contribution < 1.29 is 14.0 Å². The van der Waals surface area contributed by atoms with Gasteiger partial charge in [0.25, 0.3) is 0 Å². The smallest absolute Gasteiger partial charge is 0.249 e. The van der Waals surface area contributed by atoms with Crippen molar-refractivity contribution in [1.82, 2.24) is 4.90 Å². The van der Waals surface area contributed by atoms with Crippen LogP contribution in [0.5, 0.6) is 0 Å². The van der Waals surface area contributed by atoms with Crippen LogP contribution in [-0.4, -0.2) is 42.4 Å². The minimum absolute atomic E-state index is 0. The Morgan fingerprint density at radius 3 is 2.67 bits per heavy atom. The van der Waals surface area contributed by atoms with E-state index in [-0.39, 0.29) is 29.9 Å². The number of nitrogens with zero attached hydrogens (tertiary/aromatic N) is 2. The van der Waals surface area contributed by atoms with Gasteiger partial charge < -0.3 is 15.5 Å². The number of hydrogen-bond donors (Lipinski definition) is 1. The highest BCUT2D eigenvalue weighted by atomic mass is 35.5. The molecule has 1 saturated heterocycles. The van der Waals surface area contributed by atoms with Crippen LogP contribution in [0.2, 0.25) is 0 Å². The zero-order valence-corrected chi connectivity index (χ0v) is 12.8. The number of nitrogens with two attached hydrogens (primary N) is 1. The van der Waals surface area contributed by atoms with E-state index >= 15 is 0 Å². The summed E-state index contributed by atoms with van der Waals surface area (Å²) in [5, 5.41) is 0. The summed E-state index contributed by atoms with van der Waals surface area (Å²) in [5.41, 5.74) is 5.80. The summed E-state index contributed by atoms with van der Waals surface area (Å²) < 4.78 is 13.7. The molecule has 0 bridgehead atoms. The standard InChI is InChI=1S/C14H18FN3O2.ClH/c1-9(16)13(19)17(2)12-7-8-18(14(12)20)11-6-4-3-5-10(11)15;/h3-6,9,12H,7-8,16H2,1-2H3;1H/t9-,12?;/m1./s1. The highest BCUT2D eigenvalue weighted by Crippen LogP contribution is 2.26. The molecular formula is C14H19ClFN3O2. The first-order valence-corrected chi connectivity index (χ1v) is 6.51. The van der Waals surface area contributed by atoms with E-state index in [0.29, 0.717) is 13.0 Å². The quantitative estimate of drug-likeness (QED) is 0.910. The normalized spacial score (nSPS) is 19.1. The van der Waals surface area contributed by atoms with Crippen LogP contribution >= 0.6 is 12.4 Å². The molecule has 2 N–H and O–H groups in total. The Balaban J connectivity index is 0.00000220. The van der Waals surface area contributed by atoms with Gasteiger partial charge in [-0.25, -0.2) is 4.39 Å². The van der Waals surface area contributed by atoms with Gasteiger partial charge in [-0.2, -0.15) is 0 Å². The van der Waals surface area contributed by atoms with Crippen LogP contribution in [-0.2, 0) is 9.59 Å². The molecular weight excluding hydrogens is 297 g/mol. The molecule has 0 saturated carbocycles. The van der Waals surface area contributed by atoms with Gasteiger partial charge in [-0.05, 0) is 25.5 Å². The number of carbonyl (C=O) groups excluding carboxylic acids is 2. The molecule has 5 nitrogen and oxygen atoms in total. The lowest BCUT2D eigenvalue weighted by molar-refractivity contribution is -0.137. The van der Waals surface area contributed by atoms with E-state index in [1.54, 1.807) is 32.2 Å². The van der Waals surface area contributed by atoms with E-state index < -0.39 is 17.9 Å². The van der Waals surface area contributed by atoms with Crippen LogP contribution < -0.4 is 10.6 Å². The van der Waals surface area contributed by atoms with Gasteiger partial charge in [0.2, 0.25) is 11.8 Å². The van der Waals surface area contributed by atoms with Crippen molar-refractivity contribution >= 4 is 29.9 Å². The summed E-state index contributed by atoms with van der Waals surface area (Å²) in [6, 6.07) is 4.89. The van der Waals surface area contributed by atoms with E-state index in [2.05, 4.69) is 0 Å². The largest absolute Gasteiger partial charge is 0.332 e. The fraction of sp³-hybridized carbons (Fsp3) is 0.429. The molecule has 2 amide bonds. The number of amides is 2. The van der Waals surface area contributed by atoms with E-state index in [4.69, 9.17) is 5.73 Å². The fourth-order valence-electron chi connectivity index (χ4n) is 2.41. The van der Waals surface area contributed by atoms with Gasteiger partial charge in [0.05, 0.1) is 11.7 Å². The number of para-hydroxylation sites is 1. The summed E-state index contributed by atoms with van der Waals surface area (Å²) in [6.45, 7) is 1.97. The molecule has 1 aromatic rings. The summed E-state index contributed by atoms with van der Waals surface area (Å²) in [4.78, 5) is 26.9. The number of carbonyl (C=O) groups is 2. The van der Waals surface area contributed by atoms with E-state index in [9.17, 15) is 14.0 Å². The zero-order valence-electron chi connectivity index (χ0n) is 12.0. The van der Waals surface area contributed by atoms with Gasteiger partial charge in [-0.1, -0.05) is 12.1 Å².